The molecule has 7 nitrogen and oxygen atoms in total. The van der Waals surface area contributed by atoms with E-state index in [4.69, 9.17) is 4.74 Å². The average molecular weight is 276 g/mol. The van der Waals surface area contributed by atoms with E-state index in [0.29, 0.717) is 31.1 Å². The highest BCUT2D eigenvalue weighted by molar-refractivity contribution is 7.89. The van der Waals surface area contributed by atoms with Crippen LogP contribution in [0.3, 0.4) is 0 Å². The molecule has 0 aliphatic rings. The van der Waals surface area contributed by atoms with Gasteiger partial charge >= 0.3 is 0 Å². The lowest BCUT2D eigenvalue weighted by Gasteiger charge is -2.17. The highest BCUT2D eigenvalue weighted by atomic mass is 32.2. The molecule has 8 heteroatoms. The van der Waals surface area contributed by atoms with Crippen molar-refractivity contribution < 1.29 is 13.2 Å². The number of nitrogens with one attached hydrogen (secondary N) is 2. The summed E-state index contributed by atoms with van der Waals surface area (Å²) in [5, 5.41) is 9.62. The lowest BCUT2D eigenvalue weighted by Crippen LogP contribution is -2.31. The van der Waals surface area contributed by atoms with Gasteiger partial charge in [-0.15, -0.1) is 0 Å². The molecule has 0 spiro atoms. The molecule has 0 amide bonds. The summed E-state index contributed by atoms with van der Waals surface area (Å²) in [4.78, 5) is 0.246. The second kappa shape index (κ2) is 6.28. The third-order valence-electron chi connectivity index (χ3n) is 2.58. The molecular weight excluding hydrogens is 256 g/mol. The topological polar surface area (TPSA) is 87.3 Å². The number of H-pyrrole nitrogens is 1. The number of rotatable bonds is 7. The van der Waals surface area contributed by atoms with Gasteiger partial charge in [0.1, 0.15) is 4.90 Å². The molecule has 0 radical (unpaired) electrons. The predicted molar refractivity (Wildman–Crippen MR) is 67.8 cm³/mol. The zero-order chi connectivity index (χ0) is 13.8. The average Bonchev–Trinajstić information content (AvgIpc) is 2.68. The van der Waals surface area contributed by atoms with Crippen LogP contribution in [-0.2, 0) is 21.3 Å². The summed E-state index contributed by atoms with van der Waals surface area (Å²) in [5.74, 6) is 0. The van der Waals surface area contributed by atoms with Gasteiger partial charge in [0.25, 0.3) is 0 Å². The first-order chi connectivity index (χ1) is 8.45. The quantitative estimate of drug-likeness (QED) is 0.714. The van der Waals surface area contributed by atoms with E-state index < -0.39 is 10.0 Å². The van der Waals surface area contributed by atoms with Crippen molar-refractivity contribution in [3.8, 4) is 0 Å². The van der Waals surface area contributed by atoms with E-state index in [1.54, 1.807) is 14.0 Å². The molecule has 0 aliphatic carbocycles. The summed E-state index contributed by atoms with van der Waals surface area (Å²) in [6, 6.07) is 0. The maximum Gasteiger partial charge on any atom is 0.246 e. The number of aromatic amines is 1. The molecule has 0 aromatic carbocycles. The van der Waals surface area contributed by atoms with Gasteiger partial charge in [-0.05, 0) is 14.0 Å². The molecule has 0 saturated carbocycles. The van der Waals surface area contributed by atoms with Crippen LogP contribution in [-0.4, -0.2) is 57.3 Å². The van der Waals surface area contributed by atoms with Crippen LogP contribution in [0.25, 0.3) is 0 Å². The molecule has 0 unspecified atom stereocenters. The van der Waals surface area contributed by atoms with E-state index in [-0.39, 0.29) is 4.90 Å². The van der Waals surface area contributed by atoms with Gasteiger partial charge in [-0.1, -0.05) is 0 Å². The normalized spacial score (nSPS) is 12.3. The number of hydrogen-bond donors (Lipinski definition) is 2. The van der Waals surface area contributed by atoms with Crippen molar-refractivity contribution in [3.63, 3.8) is 0 Å². The fourth-order valence-corrected chi connectivity index (χ4v) is 3.07. The van der Waals surface area contributed by atoms with E-state index in [1.165, 1.54) is 18.5 Å². The van der Waals surface area contributed by atoms with Gasteiger partial charge in [-0.2, -0.15) is 9.40 Å². The first-order valence-electron chi connectivity index (χ1n) is 5.58. The molecular formula is C10H20N4O3S. The number of likely N-dealkylation sites (N-methyl/N-ethyl adjacent to an activating group) is 1. The minimum Gasteiger partial charge on any atom is -0.383 e. The first-order valence-corrected chi connectivity index (χ1v) is 7.02. The summed E-state index contributed by atoms with van der Waals surface area (Å²) in [5.41, 5.74) is 1.05. The maximum absolute atomic E-state index is 12.4. The summed E-state index contributed by atoms with van der Waals surface area (Å²) < 4.78 is 31.0. The van der Waals surface area contributed by atoms with Crippen molar-refractivity contribution in [2.75, 3.05) is 34.4 Å². The molecule has 1 rings (SSSR count). The molecule has 104 valence electrons. The van der Waals surface area contributed by atoms with Crippen LogP contribution in [0.1, 0.15) is 11.4 Å². The smallest absolute Gasteiger partial charge is 0.246 e. The molecule has 0 aliphatic heterocycles. The van der Waals surface area contributed by atoms with Gasteiger partial charge < -0.3 is 10.1 Å². The maximum atomic E-state index is 12.4. The fourth-order valence-electron chi connectivity index (χ4n) is 1.59. The van der Waals surface area contributed by atoms with Crippen LogP contribution in [0.4, 0.5) is 0 Å². The Kier molecular flexibility index (Phi) is 5.27. The molecule has 2 N–H and O–H groups in total. The highest BCUT2D eigenvalue weighted by Gasteiger charge is 2.27. The second-order valence-corrected chi connectivity index (χ2v) is 5.96. The number of aromatic nitrogens is 2. The molecule has 1 heterocycles. The Morgan fingerprint density at radius 1 is 1.50 bits per heavy atom. The summed E-state index contributed by atoms with van der Waals surface area (Å²) in [6.45, 7) is 2.76. The minimum atomic E-state index is -3.53. The number of aryl methyl sites for hydroxylation is 1. The van der Waals surface area contributed by atoms with Crippen molar-refractivity contribution >= 4 is 10.0 Å². The van der Waals surface area contributed by atoms with E-state index in [9.17, 15) is 8.42 Å². The third kappa shape index (κ3) is 3.08. The van der Waals surface area contributed by atoms with Crippen LogP contribution in [0, 0.1) is 6.92 Å². The lowest BCUT2D eigenvalue weighted by molar-refractivity contribution is 0.185. The van der Waals surface area contributed by atoms with Gasteiger partial charge in [0.05, 0.1) is 18.0 Å². The summed E-state index contributed by atoms with van der Waals surface area (Å²) in [6.07, 6.45) is 0. The first kappa shape index (κ1) is 15.1. The number of methoxy groups -OCH3 is 1. The number of hydrogen-bond acceptors (Lipinski definition) is 5. The van der Waals surface area contributed by atoms with E-state index in [1.807, 2.05) is 0 Å². The SMILES string of the molecule is CNCc1n[nH]c(C)c1S(=O)(=O)N(C)CCOC. The van der Waals surface area contributed by atoms with Gasteiger partial charge in [-0.3, -0.25) is 5.10 Å². The number of nitrogens with zero attached hydrogens (tertiary/aromatic N) is 2. The zero-order valence-corrected chi connectivity index (χ0v) is 12.0. The van der Waals surface area contributed by atoms with Crippen molar-refractivity contribution in [1.29, 1.82) is 0 Å². The second-order valence-electron chi connectivity index (χ2n) is 3.97. The third-order valence-corrected chi connectivity index (χ3v) is 4.64. The van der Waals surface area contributed by atoms with Crippen LogP contribution >= 0.6 is 0 Å². The monoisotopic (exact) mass is 276 g/mol. The molecule has 0 fully saturated rings. The fraction of sp³-hybridized carbons (Fsp3) is 0.700. The van der Waals surface area contributed by atoms with Crippen molar-refractivity contribution in [1.82, 2.24) is 19.8 Å². The summed E-state index contributed by atoms with van der Waals surface area (Å²) in [7, 11) is 1.28. The number of sulfonamides is 1. The van der Waals surface area contributed by atoms with Crippen LogP contribution in [0.2, 0.25) is 0 Å². The minimum absolute atomic E-state index is 0.246. The van der Waals surface area contributed by atoms with Crippen molar-refractivity contribution in [2.45, 2.75) is 18.4 Å². The molecule has 1 aromatic rings. The Labute approximate surface area is 108 Å². The van der Waals surface area contributed by atoms with Crippen LogP contribution in [0.5, 0.6) is 0 Å². The van der Waals surface area contributed by atoms with Crippen molar-refractivity contribution in [3.05, 3.63) is 11.4 Å². The number of ether oxygens (including phenoxy) is 1. The Balaban J connectivity index is 3.07. The Hall–Kier alpha value is -0.960. The molecule has 1 aromatic heterocycles. The van der Waals surface area contributed by atoms with Gasteiger partial charge in [0.15, 0.2) is 0 Å². The van der Waals surface area contributed by atoms with E-state index in [0.717, 1.165) is 0 Å². The van der Waals surface area contributed by atoms with Crippen molar-refractivity contribution in [2.24, 2.45) is 0 Å². The predicted octanol–water partition coefficient (Wildman–Crippen LogP) is -0.296. The van der Waals surface area contributed by atoms with Gasteiger partial charge in [0, 0.05) is 27.2 Å². The van der Waals surface area contributed by atoms with Gasteiger partial charge in [-0.25, -0.2) is 8.42 Å². The Morgan fingerprint density at radius 3 is 2.72 bits per heavy atom. The van der Waals surface area contributed by atoms with E-state index in [2.05, 4.69) is 15.5 Å². The Bertz CT molecular complexity index is 483. The molecule has 0 saturated heterocycles. The molecule has 0 bridgehead atoms. The molecule has 18 heavy (non-hydrogen) atoms. The standard InChI is InChI=1S/C10H20N4O3S/c1-8-10(9(7-11-2)13-12-8)18(15,16)14(3)5-6-17-4/h11H,5-7H2,1-4H3,(H,12,13). The summed E-state index contributed by atoms with van der Waals surface area (Å²) >= 11 is 0. The van der Waals surface area contributed by atoms with Gasteiger partial charge in [0.2, 0.25) is 10.0 Å². The van der Waals surface area contributed by atoms with E-state index >= 15 is 0 Å². The zero-order valence-electron chi connectivity index (χ0n) is 11.1. The lowest BCUT2D eigenvalue weighted by atomic mass is 10.4. The van der Waals surface area contributed by atoms with Crippen LogP contribution < -0.4 is 5.32 Å². The largest absolute Gasteiger partial charge is 0.383 e. The van der Waals surface area contributed by atoms with Crippen LogP contribution in [0.15, 0.2) is 4.90 Å². The molecule has 0 atom stereocenters. The highest BCUT2D eigenvalue weighted by Crippen LogP contribution is 2.21. The Morgan fingerprint density at radius 2 is 2.17 bits per heavy atom.